The van der Waals surface area contributed by atoms with Crippen molar-refractivity contribution in [3.8, 4) is 11.8 Å². The third-order valence-electron chi connectivity index (χ3n) is 6.95. The Hall–Kier alpha value is -2.08. The zero-order valence-electron chi connectivity index (χ0n) is 21.2. The number of carbonyl (C=O) groups is 2. The second-order valence-corrected chi connectivity index (χ2v) is 9.71. The average molecular weight is 453 g/mol. The maximum absolute atomic E-state index is 12.4. The Labute approximate surface area is 202 Å². The maximum Gasteiger partial charge on any atom is 0.338 e. The van der Waals surface area contributed by atoms with Crippen LogP contribution in [0.2, 0.25) is 0 Å². The zero-order valence-corrected chi connectivity index (χ0v) is 21.2. The molecular formula is C30H44O3. The number of Topliss-reactive ketones (excluding diaryl/α,β-unsaturated/α-hetero) is 1. The normalized spacial score (nSPS) is 18.8. The topological polar surface area (TPSA) is 43.4 Å². The Balaban J connectivity index is 1.73. The minimum absolute atomic E-state index is 0.339. The lowest BCUT2D eigenvalue weighted by atomic mass is 9.77. The fourth-order valence-corrected chi connectivity index (χ4v) is 4.69. The van der Waals surface area contributed by atoms with Gasteiger partial charge in [-0.05, 0) is 74.5 Å². The summed E-state index contributed by atoms with van der Waals surface area (Å²) in [7, 11) is 0. The Bertz CT molecular complexity index is 760. The van der Waals surface area contributed by atoms with Crippen LogP contribution < -0.4 is 0 Å². The Morgan fingerprint density at radius 3 is 2.21 bits per heavy atom. The molecule has 0 aromatic heterocycles. The molecule has 3 heteroatoms. The van der Waals surface area contributed by atoms with Crippen LogP contribution in [0.1, 0.15) is 133 Å². The highest BCUT2D eigenvalue weighted by Crippen LogP contribution is 2.37. The molecule has 0 saturated heterocycles. The molecule has 1 aromatic rings. The molecule has 33 heavy (non-hydrogen) atoms. The SMILES string of the molecule is CCCCC#CC(=O)C(C)OC(=O)c1ccc(C2CCC(CCCCCCCC)CC2)cc1. The van der Waals surface area contributed by atoms with Gasteiger partial charge >= 0.3 is 5.97 Å². The van der Waals surface area contributed by atoms with Gasteiger partial charge in [-0.3, -0.25) is 4.79 Å². The van der Waals surface area contributed by atoms with Gasteiger partial charge < -0.3 is 4.74 Å². The van der Waals surface area contributed by atoms with E-state index in [1.165, 1.54) is 76.2 Å². The molecule has 1 aliphatic carbocycles. The van der Waals surface area contributed by atoms with Crippen LogP contribution in [0.5, 0.6) is 0 Å². The van der Waals surface area contributed by atoms with Crippen molar-refractivity contribution in [2.45, 2.75) is 123 Å². The van der Waals surface area contributed by atoms with Crippen molar-refractivity contribution in [3.05, 3.63) is 35.4 Å². The van der Waals surface area contributed by atoms with E-state index in [0.29, 0.717) is 17.9 Å². The zero-order chi connectivity index (χ0) is 23.9. The van der Waals surface area contributed by atoms with E-state index in [2.05, 4.69) is 37.8 Å². The lowest BCUT2D eigenvalue weighted by molar-refractivity contribution is -0.121. The van der Waals surface area contributed by atoms with Crippen molar-refractivity contribution in [2.24, 2.45) is 5.92 Å². The van der Waals surface area contributed by atoms with Crippen molar-refractivity contribution in [1.82, 2.24) is 0 Å². The first-order chi connectivity index (χ1) is 16.0. The van der Waals surface area contributed by atoms with Crippen LogP contribution in [0.15, 0.2) is 24.3 Å². The molecule has 1 aromatic carbocycles. The summed E-state index contributed by atoms with van der Waals surface area (Å²) in [5, 5.41) is 0. The minimum atomic E-state index is -0.840. The van der Waals surface area contributed by atoms with E-state index in [-0.39, 0.29) is 5.78 Å². The van der Waals surface area contributed by atoms with Gasteiger partial charge in [-0.1, -0.05) is 83.3 Å². The molecule has 1 saturated carbocycles. The number of hydrogen-bond donors (Lipinski definition) is 0. The van der Waals surface area contributed by atoms with E-state index >= 15 is 0 Å². The molecule has 3 nitrogen and oxygen atoms in total. The number of esters is 1. The summed E-state index contributed by atoms with van der Waals surface area (Å²) in [5.74, 6) is 6.13. The lowest BCUT2D eigenvalue weighted by Crippen LogP contribution is -2.23. The van der Waals surface area contributed by atoms with Gasteiger partial charge in [-0.25, -0.2) is 4.79 Å². The summed E-state index contributed by atoms with van der Waals surface area (Å²) >= 11 is 0. The van der Waals surface area contributed by atoms with Gasteiger partial charge in [0.2, 0.25) is 5.78 Å². The van der Waals surface area contributed by atoms with Crippen molar-refractivity contribution in [1.29, 1.82) is 0 Å². The number of unbranched alkanes of at least 4 members (excludes halogenated alkanes) is 7. The van der Waals surface area contributed by atoms with E-state index in [9.17, 15) is 9.59 Å². The van der Waals surface area contributed by atoms with Gasteiger partial charge in [-0.15, -0.1) is 0 Å². The molecule has 0 aliphatic heterocycles. The number of rotatable bonds is 13. The molecular weight excluding hydrogens is 408 g/mol. The summed E-state index contributed by atoms with van der Waals surface area (Å²) < 4.78 is 5.33. The number of benzene rings is 1. The van der Waals surface area contributed by atoms with Crippen LogP contribution in [0.25, 0.3) is 0 Å². The molecule has 0 radical (unpaired) electrons. The van der Waals surface area contributed by atoms with Crippen LogP contribution in [-0.2, 0) is 9.53 Å². The van der Waals surface area contributed by atoms with Crippen LogP contribution in [0.4, 0.5) is 0 Å². The number of ketones is 1. The van der Waals surface area contributed by atoms with Gasteiger partial charge in [0.15, 0.2) is 6.10 Å². The van der Waals surface area contributed by atoms with Gasteiger partial charge in [0.1, 0.15) is 0 Å². The third-order valence-corrected chi connectivity index (χ3v) is 6.95. The first kappa shape index (κ1) is 27.2. The average Bonchev–Trinajstić information content (AvgIpc) is 2.84. The summed E-state index contributed by atoms with van der Waals surface area (Å²) in [6, 6.07) is 7.80. The number of ether oxygens (including phenoxy) is 1. The summed E-state index contributed by atoms with van der Waals surface area (Å²) in [6.45, 7) is 5.95. The highest BCUT2D eigenvalue weighted by molar-refractivity contribution is 6.01. The fourth-order valence-electron chi connectivity index (χ4n) is 4.69. The highest BCUT2D eigenvalue weighted by atomic mass is 16.5. The van der Waals surface area contributed by atoms with E-state index in [4.69, 9.17) is 4.74 Å². The monoisotopic (exact) mass is 452 g/mol. The molecule has 1 aliphatic rings. The number of hydrogen-bond acceptors (Lipinski definition) is 3. The summed E-state index contributed by atoms with van der Waals surface area (Å²) in [6.07, 6.45) is 16.7. The van der Waals surface area contributed by atoms with Gasteiger partial charge in [-0.2, -0.15) is 0 Å². The fraction of sp³-hybridized carbons (Fsp3) is 0.667. The Morgan fingerprint density at radius 2 is 1.55 bits per heavy atom. The summed E-state index contributed by atoms with van der Waals surface area (Å²) in [4.78, 5) is 24.5. The predicted molar refractivity (Wildman–Crippen MR) is 136 cm³/mol. The molecule has 0 bridgehead atoms. The van der Waals surface area contributed by atoms with E-state index in [1.54, 1.807) is 6.92 Å². The van der Waals surface area contributed by atoms with Crippen LogP contribution in [-0.4, -0.2) is 17.9 Å². The van der Waals surface area contributed by atoms with E-state index < -0.39 is 12.1 Å². The van der Waals surface area contributed by atoms with Crippen LogP contribution in [0, 0.1) is 17.8 Å². The standard InChI is InChI=1S/C30H44O3/c1-4-6-8-10-11-12-14-25-16-18-26(19-17-25)27-20-22-28(23-21-27)30(32)33-24(3)29(31)15-13-9-7-5-2/h20-26H,4-12,14,16-19H2,1-3H3. The number of carbonyl (C=O) groups excluding carboxylic acids is 2. The van der Waals surface area contributed by atoms with E-state index in [1.807, 2.05) is 12.1 Å². The lowest BCUT2D eigenvalue weighted by Gasteiger charge is -2.29. The molecule has 1 atom stereocenters. The Morgan fingerprint density at radius 1 is 0.909 bits per heavy atom. The van der Waals surface area contributed by atoms with Gasteiger partial charge in [0.05, 0.1) is 5.56 Å². The van der Waals surface area contributed by atoms with E-state index in [0.717, 1.165) is 18.8 Å². The molecule has 0 spiro atoms. The molecule has 0 N–H and O–H groups in total. The molecule has 182 valence electrons. The van der Waals surface area contributed by atoms with Crippen molar-refractivity contribution >= 4 is 11.8 Å². The molecule has 1 fully saturated rings. The predicted octanol–water partition coefficient (Wildman–Crippen LogP) is 8.02. The first-order valence-electron chi connectivity index (χ1n) is 13.4. The van der Waals surface area contributed by atoms with Gasteiger partial charge in [0.25, 0.3) is 0 Å². The van der Waals surface area contributed by atoms with Gasteiger partial charge in [0, 0.05) is 6.42 Å². The maximum atomic E-state index is 12.4. The largest absolute Gasteiger partial charge is 0.450 e. The second kappa shape index (κ2) is 15.7. The minimum Gasteiger partial charge on any atom is -0.450 e. The van der Waals surface area contributed by atoms with Crippen molar-refractivity contribution in [3.63, 3.8) is 0 Å². The quantitative estimate of drug-likeness (QED) is 0.132. The second-order valence-electron chi connectivity index (χ2n) is 9.71. The molecule has 0 heterocycles. The molecule has 1 unspecified atom stereocenters. The van der Waals surface area contributed by atoms with Crippen molar-refractivity contribution in [2.75, 3.05) is 0 Å². The molecule has 0 amide bonds. The Kier molecular flexibility index (Phi) is 12.9. The van der Waals surface area contributed by atoms with Crippen LogP contribution in [0.3, 0.4) is 0 Å². The first-order valence-corrected chi connectivity index (χ1v) is 13.4. The third kappa shape index (κ3) is 10.2. The van der Waals surface area contributed by atoms with Crippen molar-refractivity contribution < 1.29 is 14.3 Å². The highest BCUT2D eigenvalue weighted by Gasteiger charge is 2.23. The molecule has 2 rings (SSSR count). The summed E-state index contributed by atoms with van der Waals surface area (Å²) in [5.41, 5.74) is 1.81. The smallest absolute Gasteiger partial charge is 0.338 e. The van der Waals surface area contributed by atoms with Crippen LogP contribution >= 0.6 is 0 Å².